The van der Waals surface area contributed by atoms with Crippen molar-refractivity contribution in [3.63, 3.8) is 0 Å². The first kappa shape index (κ1) is 22.7. The van der Waals surface area contributed by atoms with Crippen molar-refractivity contribution in [1.29, 1.82) is 0 Å². The zero-order chi connectivity index (χ0) is 24.0. The van der Waals surface area contributed by atoms with Crippen LogP contribution in [0.25, 0.3) is 5.57 Å². The number of aromatic nitrogens is 2. The first-order valence-electron chi connectivity index (χ1n) is 11.6. The second-order valence-corrected chi connectivity index (χ2v) is 8.88. The van der Waals surface area contributed by atoms with Gasteiger partial charge in [0.05, 0.1) is 11.4 Å². The summed E-state index contributed by atoms with van der Waals surface area (Å²) >= 11 is 6.17. The molecule has 3 nitrogen and oxygen atoms in total. The van der Waals surface area contributed by atoms with Gasteiger partial charge in [0, 0.05) is 41.6 Å². The second kappa shape index (κ2) is 10.5. The molecule has 0 spiro atoms. The van der Waals surface area contributed by atoms with Gasteiger partial charge >= 0.3 is 0 Å². The van der Waals surface area contributed by atoms with Crippen LogP contribution in [0.2, 0.25) is 5.02 Å². The van der Waals surface area contributed by atoms with Crippen LogP contribution < -0.4 is 0 Å². The standard InChI is InChI=1S/C31H25ClN2O/c32-27-15-7-14-26(20-27)31(35)21-28(29-16-8-18-33(29)22-24-10-3-1-4-11-24)30-17-9-19-34(30)23-25-12-5-2-6-13-25/h1-21H,22-23H2. The fourth-order valence-corrected chi connectivity index (χ4v) is 4.48. The van der Waals surface area contributed by atoms with E-state index in [4.69, 9.17) is 11.6 Å². The predicted octanol–water partition coefficient (Wildman–Crippen LogP) is 7.35. The third-order valence-corrected chi connectivity index (χ3v) is 6.22. The minimum absolute atomic E-state index is 0.0811. The Morgan fingerprint density at radius 3 is 1.71 bits per heavy atom. The van der Waals surface area contributed by atoms with Crippen LogP contribution >= 0.6 is 11.6 Å². The lowest BCUT2D eigenvalue weighted by Gasteiger charge is -2.16. The highest BCUT2D eigenvalue weighted by atomic mass is 35.5. The molecule has 2 heterocycles. The van der Waals surface area contributed by atoms with Crippen molar-refractivity contribution in [3.8, 4) is 0 Å². The van der Waals surface area contributed by atoms with Crippen molar-refractivity contribution in [3.05, 3.63) is 161 Å². The van der Waals surface area contributed by atoms with Crippen molar-refractivity contribution in [2.24, 2.45) is 0 Å². The Morgan fingerprint density at radius 2 is 1.20 bits per heavy atom. The molecule has 5 aromatic rings. The largest absolute Gasteiger partial charge is 0.343 e. The molecule has 0 radical (unpaired) electrons. The van der Waals surface area contributed by atoms with E-state index in [2.05, 4.69) is 57.9 Å². The molecule has 0 fully saturated rings. The first-order valence-corrected chi connectivity index (χ1v) is 12.0. The van der Waals surface area contributed by atoms with E-state index in [9.17, 15) is 4.79 Å². The zero-order valence-electron chi connectivity index (χ0n) is 19.2. The van der Waals surface area contributed by atoms with Crippen molar-refractivity contribution >= 4 is 23.0 Å². The first-order chi connectivity index (χ1) is 17.2. The summed E-state index contributed by atoms with van der Waals surface area (Å²) in [4.78, 5) is 13.4. The van der Waals surface area contributed by atoms with Crippen LogP contribution in [-0.4, -0.2) is 14.9 Å². The normalized spacial score (nSPS) is 10.8. The van der Waals surface area contributed by atoms with Crippen molar-refractivity contribution < 1.29 is 4.79 Å². The van der Waals surface area contributed by atoms with E-state index >= 15 is 0 Å². The van der Waals surface area contributed by atoms with E-state index in [1.807, 2.05) is 48.5 Å². The third-order valence-electron chi connectivity index (χ3n) is 5.99. The van der Waals surface area contributed by atoms with Gasteiger partial charge in [0.1, 0.15) is 0 Å². The van der Waals surface area contributed by atoms with E-state index in [0.717, 1.165) is 17.0 Å². The molecule has 35 heavy (non-hydrogen) atoms. The molecule has 0 aliphatic carbocycles. The van der Waals surface area contributed by atoms with Gasteiger partial charge in [-0.05, 0) is 53.6 Å². The Morgan fingerprint density at radius 1 is 0.657 bits per heavy atom. The Bertz CT molecular complexity index is 1380. The van der Waals surface area contributed by atoms with Crippen LogP contribution in [0.4, 0.5) is 0 Å². The van der Waals surface area contributed by atoms with Crippen LogP contribution in [0.3, 0.4) is 0 Å². The molecular formula is C31H25ClN2O. The maximum absolute atomic E-state index is 13.4. The van der Waals surface area contributed by atoms with E-state index < -0.39 is 0 Å². The number of carbonyl (C=O) groups excluding carboxylic acids is 1. The molecule has 2 aromatic heterocycles. The molecule has 172 valence electrons. The molecule has 0 aliphatic heterocycles. The number of nitrogens with zero attached hydrogens (tertiary/aromatic N) is 2. The van der Waals surface area contributed by atoms with Crippen LogP contribution in [-0.2, 0) is 13.1 Å². The quantitative estimate of drug-likeness (QED) is 0.170. The Kier molecular flexibility index (Phi) is 6.78. The molecule has 0 saturated carbocycles. The van der Waals surface area contributed by atoms with Gasteiger partial charge in [-0.2, -0.15) is 0 Å². The number of halogens is 1. The predicted molar refractivity (Wildman–Crippen MR) is 143 cm³/mol. The summed E-state index contributed by atoms with van der Waals surface area (Å²) in [6.45, 7) is 1.43. The van der Waals surface area contributed by atoms with Gasteiger partial charge in [0.2, 0.25) is 0 Å². The van der Waals surface area contributed by atoms with Crippen LogP contribution in [0, 0.1) is 0 Å². The number of ketones is 1. The molecule has 0 unspecified atom stereocenters. The molecule has 5 rings (SSSR count). The zero-order valence-corrected chi connectivity index (χ0v) is 20.0. The maximum Gasteiger partial charge on any atom is 0.186 e. The summed E-state index contributed by atoms with van der Waals surface area (Å²) in [7, 11) is 0. The fourth-order valence-electron chi connectivity index (χ4n) is 4.29. The topological polar surface area (TPSA) is 26.9 Å². The Labute approximate surface area is 210 Å². The van der Waals surface area contributed by atoms with E-state index in [1.54, 1.807) is 30.3 Å². The van der Waals surface area contributed by atoms with Crippen LogP contribution in [0.5, 0.6) is 0 Å². The minimum atomic E-state index is -0.0811. The van der Waals surface area contributed by atoms with Gasteiger partial charge < -0.3 is 9.13 Å². The SMILES string of the molecule is O=C(C=C(c1cccn1Cc1ccccc1)c1cccn1Cc1ccccc1)c1cccc(Cl)c1. The second-order valence-electron chi connectivity index (χ2n) is 8.45. The highest BCUT2D eigenvalue weighted by Gasteiger charge is 2.17. The molecule has 0 N–H and O–H groups in total. The summed E-state index contributed by atoms with van der Waals surface area (Å²) in [5, 5.41) is 0.547. The number of benzene rings is 3. The monoisotopic (exact) mass is 476 g/mol. The van der Waals surface area contributed by atoms with E-state index in [0.29, 0.717) is 23.7 Å². The molecular weight excluding hydrogens is 452 g/mol. The van der Waals surface area contributed by atoms with Crippen molar-refractivity contribution in [1.82, 2.24) is 9.13 Å². The van der Waals surface area contributed by atoms with Crippen LogP contribution in [0.1, 0.15) is 32.9 Å². The molecule has 3 aromatic carbocycles. The lowest BCUT2D eigenvalue weighted by molar-refractivity contribution is 0.104. The Hall–Kier alpha value is -4.08. The molecule has 0 bridgehead atoms. The lowest BCUT2D eigenvalue weighted by atomic mass is 10.0. The van der Waals surface area contributed by atoms with Gasteiger partial charge in [0.15, 0.2) is 5.78 Å². The summed E-state index contributed by atoms with van der Waals surface area (Å²) in [6.07, 6.45) is 5.86. The maximum atomic E-state index is 13.4. The summed E-state index contributed by atoms with van der Waals surface area (Å²) in [6, 6.07) is 36.0. The number of hydrogen-bond acceptors (Lipinski definition) is 1. The van der Waals surface area contributed by atoms with Crippen molar-refractivity contribution in [2.75, 3.05) is 0 Å². The lowest BCUT2D eigenvalue weighted by Crippen LogP contribution is -2.09. The van der Waals surface area contributed by atoms with Gasteiger partial charge in [0.25, 0.3) is 0 Å². The van der Waals surface area contributed by atoms with Gasteiger partial charge in [-0.3, -0.25) is 4.79 Å². The summed E-state index contributed by atoms with van der Waals surface area (Å²) in [5.41, 5.74) is 5.80. The van der Waals surface area contributed by atoms with E-state index in [1.165, 1.54) is 11.1 Å². The van der Waals surface area contributed by atoms with Gasteiger partial charge in [-0.15, -0.1) is 0 Å². The summed E-state index contributed by atoms with van der Waals surface area (Å²) in [5.74, 6) is -0.0811. The average Bonchev–Trinajstić information content (AvgIpc) is 3.53. The number of hydrogen-bond donors (Lipinski definition) is 0. The molecule has 0 aliphatic rings. The molecule has 4 heteroatoms. The smallest absolute Gasteiger partial charge is 0.186 e. The highest BCUT2D eigenvalue weighted by Crippen LogP contribution is 2.27. The summed E-state index contributed by atoms with van der Waals surface area (Å²) < 4.78 is 4.37. The number of rotatable bonds is 8. The third kappa shape index (κ3) is 5.37. The van der Waals surface area contributed by atoms with Crippen molar-refractivity contribution in [2.45, 2.75) is 13.1 Å². The van der Waals surface area contributed by atoms with Gasteiger partial charge in [-0.25, -0.2) is 0 Å². The van der Waals surface area contributed by atoms with Gasteiger partial charge in [-0.1, -0.05) is 84.4 Å². The highest BCUT2D eigenvalue weighted by molar-refractivity contribution is 6.31. The van der Waals surface area contributed by atoms with Crippen LogP contribution in [0.15, 0.2) is 128 Å². The van der Waals surface area contributed by atoms with E-state index in [-0.39, 0.29) is 5.78 Å². The molecule has 0 saturated heterocycles. The number of allylic oxidation sites excluding steroid dienone is 1. The molecule has 0 atom stereocenters. The fraction of sp³-hybridized carbons (Fsp3) is 0.0645. The average molecular weight is 477 g/mol. The minimum Gasteiger partial charge on any atom is -0.343 e. The number of carbonyl (C=O) groups is 1. The molecule has 0 amide bonds. The Balaban J connectivity index is 1.59.